The standard InChI is InChI=1S/C27H18ClFN4O5/c28-19-10-9-17(33(37)38)13-20(19)30-25(34)24-22-21(23-18-4-2-1-3-14(18)11-12-31(23)24)26(35)32(27(22)36)16-7-5-15(29)6-8-16/h1-13,21-24H,(H,30,34)/t21-,22+,23?,24-/m0/s1. The topological polar surface area (TPSA) is 113 Å². The number of hydrogen-bond acceptors (Lipinski definition) is 6. The van der Waals surface area contributed by atoms with E-state index in [0.29, 0.717) is 0 Å². The zero-order valence-electron chi connectivity index (χ0n) is 19.5. The summed E-state index contributed by atoms with van der Waals surface area (Å²) in [7, 11) is 0. The summed E-state index contributed by atoms with van der Waals surface area (Å²) in [4.78, 5) is 54.7. The summed E-state index contributed by atoms with van der Waals surface area (Å²) in [6, 6.07) is 14.3. The summed E-state index contributed by atoms with van der Waals surface area (Å²) in [5.74, 6) is -4.19. The molecule has 3 amide bonds. The summed E-state index contributed by atoms with van der Waals surface area (Å²) < 4.78 is 13.6. The van der Waals surface area contributed by atoms with Crippen LogP contribution >= 0.6 is 11.6 Å². The van der Waals surface area contributed by atoms with Gasteiger partial charge in [-0.15, -0.1) is 0 Å². The molecule has 38 heavy (non-hydrogen) atoms. The van der Waals surface area contributed by atoms with Crippen molar-refractivity contribution in [1.82, 2.24) is 4.90 Å². The third kappa shape index (κ3) is 3.56. The second-order valence-electron chi connectivity index (χ2n) is 9.23. The molecule has 6 rings (SSSR count). The molecule has 0 aliphatic carbocycles. The molecule has 3 aliphatic rings. The first kappa shape index (κ1) is 23.8. The Morgan fingerprint density at radius 1 is 1.00 bits per heavy atom. The first-order valence-corrected chi connectivity index (χ1v) is 12.1. The van der Waals surface area contributed by atoms with Crippen molar-refractivity contribution >= 4 is 52.5 Å². The van der Waals surface area contributed by atoms with Gasteiger partial charge in [0.05, 0.1) is 39.2 Å². The summed E-state index contributed by atoms with van der Waals surface area (Å²) >= 11 is 6.21. The number of amides is 3. The van der Waals surface area contributed by atoms with Crippen molar-refractivity contribution in [1.29, 1.82) is 0 Å². The van der Waals surface area contributed by atoms with Gasteiger partial charge < -0.3 is 10.2 Å². The van der Waals surface area contributed by atoms with Crippen LogP contribution in [0.4, 0.5) is 21.5 Å². The Labute approximate surface area is 220 Å². The first-order valence-electron chi connectivity index (χ1n) is 11.7. The molecular weight excluding hydrogens is 515 g/mol. The molecule has 0 radical (unpaired) electrons. The van der Waals surface area contributed by atoms with Crippen molar-refractivity contribution in [2.45, 2.75) is 12.1 Å². The molecule has 0 bridgehead atoms. The Kier molecular flexibility index (Phi) is 5.50. The van der Waals surface area contributed by atoms with Gasteiger partial charge in [-0.1, -0.05) is 35.9 Å². The van der Waals surface area contributed by atoms with Gasteiger partial charge in [0.2, 0.25) is 17.7 Å². The van der Waals surface area contributed by atoms with Crippen molar-refractivity contribution in [2.24, 2.45) is 11.8 Å². The van der Waals surface area contributed by atoms with Gasteiger partial charge in [-0.05, 0) is 47.5 Å². The number of nitrogens with one attached hydrogen (secondary N) is 1. The lowest BCUT2D eigenvalue weighted by Gasteiger charge is -2.35. The molecule has 3 heterocycles. The van der Waals surface area contributed by atoms with E-state index in [4.69, 9.17) is 11.6 Å². The maximum atomic E-state index is 13.8. The molecule has 3 aromatic rings. The largest absolute Gasteiger partial charge is 0.357 e. The highest BCUT2D eigenvalue weighted by atomic mass is 35.5. The molecule has 9 nitrogen and oxygen atoms in total. The minimum absolute atomic E-state index is 0.0134. The fourth-order valence-electron chi connectivity index (χ4n) is 5.63. The Bertz CT molecular complexity index is 1560. The molecular formula is C27H18ClFN4O5. The number of nitro groups is 1. The van der Waals surface area contributed by atoms with Crippen molar-refractivity contribution < 1.29 is 23.7 Å². The highest BCUT2D eigenvalue weighted by molar-refractivity contribution is 6.34. The number of nitrogens with zero attached hydrogens (tertiary/aromatic N) is 3. The van der Waals surface area contributed by atoms with Crippen LogP contribution in [0.1, 0.15) is 17.2 Å². The lowest BCUT2D eigenvalue weighted by atomic mass is 9.84. The Morgan fingerprint density at radius 3 is 2.45 bits per heavy atom. The van der Waals surface area contributed by atoms with Gasteiger partial charge in [-0.2, -0.15) is 0 Å². The summed E-state index contributed by atoms with van der Waals surface area (Å²) in [5, 5.41) is 14.0. The molecule has 0 aromatic heterocycles. The summed E-state index contributed by atoms with van der Waals surface area (Å²) in [6.45, 7) is 0. The van der Waals surface area contributed by atoms with Gasteiger partial charge in [0, 0.05) is 18.3 Å². The van der Waals surface area contributed by atoms with Gasteiger partial charge in [-0.25, -0.2) is 9.29 Å². The zero-order valence-corrected chi connectivity index (χ0v) is 20.2. The Hall–Kier alpha value is -4.57. The van der Waals surface area contributed by atoms with E-state index >= 15 is 0 Å². The average Bonchev–Trinajstić information content (AvgIpc) is 3.38. The molecule has 3 aliphatic heterocycles. The van der Waals surface area contributed by atoms with Crippen LogP contribution in [0.15, 0.2) is 72.9 Å². The summed E-state index contributed by atoms with van der Waals surface area (Å²) in [5.41, 5.74) is 1.60. The smallest absolute Gasteiger partial charge is 0.271 e. The van der Waals surface area contributed by atoms with Crippen LogP contribution in [-0.4, -0.2) is 33.6 Å². The van der Waals surface area contributed by atoms with Crippen molar-refractivity contribution in [3.63, 3.8) is 0 Å². The van der Waals surface area contributed by atoms with E-state index in [1.165, 1.54) is 24.3 Å². The van der Waals surface area contributed by atoms with E-state index in [1.54, 1.807) is 17.2 Å². The molecule has 190 valence electrons. The zero-order chi connectivity index (χ0) is 26.7. The number of anilines is 2. The fourth-order valence-corrected chi connectivity index (χ4v) is 5.80. The molecule has 0 saturated carbocycles. The molecule has 1 unspecified atom stereocenters. The van der Waals surface area contributed by atoms with E-state index in [-0.39, 0.29) is 22.1 Å². The monoisotopic (exact) mass is 532 g/mol. The van der Waals surface area contributed by atoms with E-state index in [1.807, 2.05) is 24.3 Å². The number of carbonyl (C=O) groups excluding carboxylic acids is 3. The van der Waals surface area contributed by atoms with Gasteiger partial charge in [0.15, 0.2) is 0 Å². The number of nitro benzene ring substituents is 1. The highest BCUT2D eigenvalue weighted by Crippen LogP contribution is 2.53. The normalized spacial score (nSPS) is 23.2. The fraction of sp³-hybridized carbons (Fsp3) is 0.148. The number of halogens is 2. The first-order chi connectivity index (χ1) is 18.3. The van der Waals surface area contributed by atoms with Crippen molar-refractivity contribution in [3.8, 4) is 0 Å². The molecule has 2 saturated heterocycles. The number of carbonyl (C=O) groups is 3. The molecule has 4 atom stereocenters. The number of benzene rings is 3. The minimum atomic E-state index is -1.12. The van der Waals surface area contributed by atoms with Gasteiger partial charge >= 0.3 is 0 Å². The van der Waals surface area contributed by atoms with Crippen LogP contribution in [0.3, 0.4) is 0 Å². The maximum absolute atomic E-state index is 13.8. The SMILES string of the molecule is O=C(Nc1cc([N+](=O)[O-])ccc1Cl)[C@@H]1[C@@H]2C(=O)N(c3ccc(F)cc3)C(=O)[C@@H]2C2c3ccccc3C=CN21. The van der Waals surface area contributed by atoms with E-state index in [2.05, 4.69) is 5.32 Å². The number of imide groups is 1. The number of non-ortho nitro benzene ring substituents is 1. The van der Waals surface area contributed by atoms with Crippen LogP contribution in [-0.2, 0) is 14.4 Å². The van der Waals surface area contributed by atoms with Crippen LogP contribution in [0.5, 0.6) is 0 Å². The quantitative estimate of drug-likeness (QED) is 0.300. The van der Waals surface area contributed by atoms with Crippen LogP contribution in [0.2, 0.25) is 5.02 Å². The second kappa shape index (κ2) is 8.77. The van der Waals surface area contributed by atoms with Gasteiger partial charge in [-0.3, -0.25) is 24.5 Å². The van der Waals surface area contributed by atoms with E-state index in [0.717, 1.165) is 34.2 Å². The van der Waals surface area contributed by atoms with Crippen LogP contribution in [0, 0.1) is 27.8 Å². The lowest BCUT2D eigenvalue weighted by molar-refractivity contribution is -0.384. The molecule has 2 fully saturated rings. The number of fused-ring (bicyclic) bond motifs is 5. The van der Waals surface area contributed by atoms with E-state index < -0.39 is 52.4 Å². The molecule has 3 aromatic carbocycles. The van der Waals surface area contributed by atoms with Crippen molar-refractivity contribution in [2.75, 3.05) is 10.2 Å². The molecule has 1 N–H and O–H groups in total. The van der Waals surface area contributed by atoms with Gasteiger partial charge in [0.25, 0.3) is 5.69 Å². The van der Waals surface area contributed by atoms with E-state index in [9.17, 15) is 28.9 Å². The maximum Gasteiger partial charge on any atom is 0.271 e. The van der Waals surface area contributed by atoms with Crippen LogP contribution < -0.4 is 10.2 Å². The molecule has 0 spiro atoms. The Morgan fingerprint density at radius 2 is 1.71 bits per heavy atom. The second-order valence-corrected chi connectivity index (χ2v) is 9.64. The third-order valence-electron chi connectivity index (χ3n) is 7.23. The third-order valence-corrected chi connectivity index (χ3v) is 7.56. The lowest BCUT2D eigenvalue weighted by Crippen LogP contribution is -2.46. The number of rotatable bonds is 4. The average molecular weight is 533 g/mol. The predicted octanol–water partition coefficient (Wildman–Crippen LogP) is 4.54. The molecule has 11 heteroatoms. The van der Waals surface area contributed by atoms with Gasteiger partial charge in [0.1, 0.15) is 11.9 Å². The summed E-state index contributed by atoms with van der Waals surface area (Å²) in [6.07, 6.45) is 3.49. The van der Waals surface area contributed by atoms with Crippen LogP contribution in [0.25, 0.3) is 6.08 Å². The number of hydrogen-bond donors (Lipinski definition) is 1. The highest BCUT2D eigenvalue weighted by Gasteiger charge is 2.64. The van der Waals surface area contributed by atoms with Crippen molar-refractivity contribution in [3.05, 3.63) is 105 Å². The predicted molar refractivity (Wildman–Crippen MR) is 136 cm³/mol. The minimum Gasteiger partial charge on any atom is -0.357 e. The Balaban J connectivity index is 1.43.